The van der Waals surface area contributed by atoms with Crippen LogP contribution in [-0.2, 0) is 0 Å². The van der Waals surface area contributed by atoms with Crippen molar-refractivity contribution in [3.05, 3.63) is 24.3 Å². The van der Waals surface area contributed by atoms with E-state index >= 15 is 0 Å². The van der Waals surface area contributed by atoms with Crippen molar-refractivity contribution in [2.45, 2.75) is 57.1 Å². The predicted molar refractivity (Wildman–Crippen MR) is 75.4 cm³/mol. The molecule has 0 N–H and O–H groups in total. The number of rotatable bonds is 1. The maximum Gasteiger partial charge on any atom is 0.127 e. The Kier molecular flexibility index (Phi) is 2.58. The van der Waals surface area contributed by atoms with Gasteiger partial charge in [-0.25, -0.2) is 0 Å². The van der Waals surface area contributed by atoms with Gasteiger partial charge in [-0.3, -0.25) is 0 Å². The van der Waals surface area contributed by atoms with Crippen LogP contribution in [-0.4, -0.2) is 7.28 Å². The normalized spacial score (nSPS) is 47.8. The predicted octanol–water partition coefficient (Wildman–Crippen LogP) is 4.63. The lowest BCUT2D eigenvalue weighted by atomic mass is 9.19. The minimum atomic E-state index is 0.469. The molecule has 1 heteroatoms. The molecule has 0 aromatic heterocycles. The van der Waals surface area contributed by atoms with Crippen LogP contribution in [0.4, 0.5) is 0 Å². The molecule has 1 radical (unpaired) electrons. The van der Waals surface area contributed by atoms with Crippen LogP contribution in [0.2, 0.25) is 10.6 Å². The van der Waals surface area contributed by atoms with Crippen LogP contribution in [0.1, 0.15) is 46.5 Å². The number of allylic oxidation sites excluding steroid dienone is 4. The molecular formula is C16H24B. The van der Waals surface area contributed by atoms with E-state index in [4.69, 9.17) is 0 Å². The van der Waals surface area contributed by atoms with Crippen LogP contribution in [0.3, 0.4) is 0 Å². The Morgan fingerprint density at radius 1 is 1.24 bits per heavy atom. The van der Waals surface area contributed by atoms with Gasteiger partial charge in [0.15, 0.2) is 0 Å². The van der Waals surface area contributed by atoms with E-state index in [-0.39, 0.29) is 0 Å². The van der Waals surface area contributed by atoms with Crippen molar-refractivity contribution in [1.29, 1.82) is 0 Å². The summed E-state index contributed by atoms with van der Waals surface area (Å²) in [6.45, 7) is 7.30. The van der Waals surface area contributed by atoms with Crippen molar-refractivity contribution < 1.29 is 0 Å². The second-order valence-electron chi connectivity index (χ2n) is 7.07. The maximum atomic E-state index is 2.73. The summed E-state index contributed by atoms with van der Waals surface area (Å²) in [5.41, 5.74) is 0. The molecule has 2 aliphatic carbocycles. The molecule has 0 aromatic carbocycles. The molecular weight excluding hydrogens is 203 g/mol. The zero-order valence-corrected chi connectivity index (χ0v) is 11.4. The van der Waals surface area contributed by atoms with E-state index < -0.39 is 0 Å². The van der Waals surface area contributed by atoms with Crippen LogP contribution in [0.15, 0.2) is 24.3 Å². The smallest absolute Gasteiger partial charge is 0.0810 e. The molecule has 2 aliphatic heterocycles. The molecule has 0 nitrogen and oxygen atoms in total. The van der Waals surface area contributed by atoms with Crippen molar-refractivity contribution in [2.75, 3.05) is 0 Å². The van der Waals surface area contributed by atoms with Crippen molar-refractivity contribution >= 4 is 7.28 Å². The second kappa shape index (κ2) is 3.77. The number of hydrogen-bond acceptors (Lipinski definition) is 0. The molecule has 91 valence electrons. The zero-order chi connectivity index (χ0) is 12.1. The van der Waals surface area contributed by atoms with Crippen LogP contribution in [0.25, 0.3) is 0 Å². The van der Waals surface area contributed by atoms with E-state index in [9.17, 15) is 0 Å². The molecule has 4 aliphatic rings. The summed E-state index contributed by atoms with van der Waals surface area (Å²) < 4.78 is 0. The van der Waals surface area contributed by atoms with Crippen molar-refractivity contribution in [3.63, 3.8) is 0 Å². The van der Waals surface area contributed by atoms with E-state index in [1.807, 2.05) is 0 Å². The van der Waals surface area contributed by atoms with E-state index in [2.05, 4.69) is 52.4 Å². The van der Waals surface area contributed by atoms with Gasteiger partial charge in [-0.15, -0.1) is 0 Å². The van der Waals surface area contributed by atoms with Gasteiger partial charge < -0.3 is 0 Å². The SMILES string of the molecule is CC(C)C12[B]C(C)(C1)C1C=CC=CC1CCC2. The third kappa shape index (κ3) is 1.65. The summed E-state index contributed by atoms with van der Waals surface area (Å²) in [7, 11) is 2.73. The van der Waals surface area contributed by atoms with Gasteiger partial charge in [0.05, 0.1) is 0 Å². The first kappa shape index (κ1) is 11.6. The molecule has 1 saturated carbocycles. The number of fused-ring (bicyclic) bond motifs is 2. The lowest BCUT2D eigenvalue weighted by Crippen LogP contribution is -2.52. The fraction of sp³-hybridized carbons (Fsp3) is 0.750. The molecule has 4 atom stereocenters. The standard InChI is InChI=1S/C16H24B/c1-12(2)16-10-6-8-13-7-4-5-9-14(13)15(3,11-16)17-16/h4-5,7,9,12-14H,6,8,10-11H2,1-3H3. The highest BCUT2D eigenvalue weighted by atomic mass is 14.5. The largest absolute Gasteiger partial charge is 0.127 e. The summed E-state index contributed by atoms with van der Waals surface area (Å²) in [6.07, 6.45) is 15.1. The molecule has 0 aromatic rings. The molecule has 2 saturated heterocycles. The molecule has 4 rings (SSSR count). The van der Waals surface area contributed by atoms with Gasteiger partial charge in [0.25, 0.3) is 0 Å². The third-order valence-corrected chi connectivity index (χ3v) is 5.67. The first-order chi connectivity index (χ1) is 8.06. The fourth-order valence-electron chi connectivity index (χ4n) is 4.68. The average Bonchev–Trinajstić information content (AvgIpc) is 2.23. The Bertz CT molecular complexity index is 358. The average molecular weight is 227 g/mol. The lowest BCUT2D eigenvalue weighted by molar-refractivity contribution is 0.162. The highest BCUT2D eigenvalue weighted by molar-refractivity contribution is 6.49. The monoisotopic (exact) mass is 227 g/mol. The second-order valence-corrected chi connectivity index (χ2v) is 7.07. The van der Waals surface area contributed by atoms with Crippen LogP contribution >= 0.6 is 0 Å². The van der Waals surface area contributed by atoms with E-state index in [0.717, 1.165) is 17.8 Å². The third-order valence-electron chi connectivity index (χ3n) is 5.67. The van der Waals surface area contributed by atoms with Crippen molar-refractivity contribution in [3.8, 4) is 0 Å². The molecule has 3 fully saturated rings. The molecule has 0 spiro atoms. The van der Waals surface area contributed by atoms with Crippen molar-refractivity contribution in [2.24, 2.45) is 17.8 Å². The van der Waals surface area contributed by atoms with E-state index in [0.29, 0.717) is 10.6 Å². The lowest BCUT2D eigenvalue weighted by Gasteiger charge is -2.62. The molecule has 17 heavy (non-hydrogen) atoms. The van der Waals surface area contributed by atoms with Gasteiger partial charge in [-0.2, -0.15) is 0 Å². The van der Waals surface area contributed by atoms with Gasteiger partial charge in [0.2, 0.25) is 0 Å². The van der Waals surface area contributed by atoms with Crippen LogP contribution in [0, 0.1) is 17.8 Å². The highest BCUT2D eigenvalue weighted by Crippen LogP contribution is 2.70. The molecule has 2 bridgehead atoms. The summed E-state index contributed by atoms with van der Waals surface area (Å²) in [6, 6.07) is 0. The number of hydrogen-bond donors (Lipinski definition) is 0. The zero-order valence-electron chi connectivity index (χ0n) is 11.4. The van der Waals surface area contributed by atoms with Crippen LogP contribution in [0.5, 0.6) is 0 Å². The van der Waals surface area contributed by atoms with E-state index in [1.165, 1.54) is 25.7 Å². The van der Waals surface area contributed by atoms with Crippen molar-refractivity contribution in [1.82, 2.24) is 0 Å². The summed E-state index contributed by atoms with van der Waals surface area (Å²) in [4.78, 5) is 0. The summed E-state index contributed by atoms with van der Waals surface area (Å²) >= 11 is 0. The summed E-state index contributed by atoms with van der Waals surface area (Å²) in [5.74, 6) is 2.38. The van der Waals surface area contributed by atoms with E-state index in [1.54, 1.807) is 0 Å². The Morgan fingerprint density at radius 3 is 2.65 bits per heavy atom. The fourth-order valence-corrected chi connectivity index (χ4v) is 4.68. The molecule has 4 unspecified atom stereocenters. The molecule has 2 heterocycles. The highest BCUT2D eigenvalue weighted by Gasteiger charge is 2.58. The Hall–Kier alpha value is -0.455. The minimum absolute atomic E-state index is 0.469. The topological polar surface area (TPSA) is 0 Å². The Balaban J connectivity index is 1.87. The van der Waals surface area contributed by atoms with Gasteiger partial charge >= 0.3 is 0 Å². The first-order valence-corrected chi connectivity index (χ1v) is 7.28. The van der Waals surface area contributed by atoms with Gasteiger partial charge in [0, 0.05) is 0 Å². The first-order valence-electron chi connectivity index (χ1n) is 7.28. The molecule has 0 amide bonds. The Labute approximate surface area is 107 Å². The summed E-state index contributed by atoms with van der Waals surface area (Å²) in [5, 5.41) is 1.03. The van der Waals surface area contributed by atoms with Crippen LogP contribution < -0.4 is 0 Å². The maximum absolute atomic E-state index is 2.73. The van der Waals surface area contributed by atoms with Gasteiger partial charge in [0.1, 0.15) is 7.28 Å². The van der Waals surface area contributed by atoms with Gasteiger partial charge in [-0.1, -0.05) is 75.0 Å². The Morgan fingerprint density at radius 2 is 1.94 bits per heavy atom. The minimum Gasteiger partial charge on any atom is -0.0810 e. The van der Waals surface area contributed by atoms with Gasteiger partial charge in [-0.05, 0) is 24.2 Å². The quantitative estimate of drug-likeness (QED) is 0.573.